The van der Waals surface area contributed by atoms with E-state index in [1.165, 1.54) is 0 Å². The molecule has 2 aromatic carbocycles. The molecule has 0 aliphatic rings. The monoisotopic (exact) mass is 363 g/mol. The topological polar surface area (TPSA) is 56.1 Å². The normalized spacial score (nSPS) is 11.4. The maximum absolute atomic E-state index is 12.2. The molecule has 1 heterocycles. The number of esters is 1. The lowest BCUT2D eigenvalue weighted by atomic mass is 10.0. The first-order chi connectivity index (χ1) is 13.0. The summed E-state index contributed by atoms with van der Waals surface area (Å²) in [6.07, 6.45) is 2.01. The van der Waals surface area contributed by atoms with Crippen LogP contribution in [0.1, 0.15) is 26.3 Å². The van der Waals surface area contributed by atoms with Crippen LogP contribution in [0.5, 0.6) is 0 Å². The fourth-order valence-corrected chi connectivity index (χ4v) is 2.79. The molecule has 0 saturated carbocycles. The van der Waals surface area contributed by atoms with Gasteiger partial charge < -0.3 is 4.74 Å². The number of para-hydroxylation sites is 1. The van der Waals surface area contributed by atoms with E-state index in [0.717, 1.165) is 22.5 Å². The number of aromatic nitrogens is 2. The molecule has 27 heavy (non-hydrogen) atoms. The lowest BCUT2D eigenvalue weighted by Gasteiger charge is -2.23. The van der Waals surface area contributed by atoms with Gasteiger partial charge in [-0.25, -0.2) is 4.68 Å². The number of ether oxygens (including phenoxy) is 1. The molecule has 0 aliphatic heterocycles. The molecule has 0 fully saturated rings. The summed E-state index contributed by atoms with van der Waals surface area (Å²) < 4.78 is 7.03. The highest BCUT2D eigenvalue weighted by molar-refractivity contribution is 5.79. The number of hydrogen-bond acceptors (Lipinski definition) is 4. The lowest BCUT2D eigenvalue weighted by molar-refractivity contribution is -0.149. The minimum atomic E-state index is -0.779. The van der Waals surface area contributed by atoms with E-state index >= 15 is 0 Å². The molecular formula is C22H25N3O2. The van der Waals surface area contributed by atoms with Crippen LogP contribution < -0.4 is 5.32 Å². The van der Waals surface area contributed by atoms with Crippen molar-refractivity contribution in [2.75, 3.05) is 6.61 Å². The van der Waals surface area contributed by atoms with Crippen LogP contribution in [0.4, 0.5) is 0 Å². The van der Waals surface area contributed by atoms with Crippen LogP contribution in [0, 0.1) is 0 Å². The molecule has 5 nitrogen and oxygen atoms in total. The molecule has 0 radical (unpaired) electrons. The van der Waals surface area contributed by atoms with Crippen LogP contribution in [0.3, 0.4) is 0 Å². The van der Waals surface area contributed by atoms with E-state index in [0.29, 0.717) is 13.2 Å². The van der Waals surface area contributed by atoms with Gasteiger partial charge in [-0.2, -0.15) is 5.10 Å². The molecule has 1 N–H and O–H groups in total. The fraction of sp³-hybridized carbons (Fsp3) is 0.273. The summed E-state index contributed by atoms with van der Waals surface area (Å²) in [7, 11) is 0. The third-order valence-corrected chi connectivity index (χ3v) is 4.36. The van der Waals surface area contributed by atoms with Crippen molar-refractivity contribution in [2.24, 2.45) is 0 Å². The van der Waals surface area contributed by atoms with E-state index in [9.17, 15) is 4.79 Å². The fourth-order valence-electron chi connectivity index (χ4n) is 2.79. The van der Waals surface area contributed by atoms with E-state index in [1.54, 1.807) is 0 Å². The summed E-state index contributed by atoms with van der Waals surface area (Å²) >= 11 is 0. The molecule has 1 aromatic heterocycles. The average Bonchev–Trinajstić information content (AvgIpc) is 3.12. The Morgan fingerprint density at radius 2 is 1.70 bits per heavy atom. The van der Waals surface area contributed by atoms with Crippen LogP contribution in [0.25, 0.3) is 16.9 Å². The third kappa shape index (κ3) is 4.44. The zero-order valence-electron chi connectivity index (χ0n) is 16.0. The highest BCUT2D eigenvalue weighted by atomic mass is 16.5. The number of hydrogen-bond donors (Lipinski definition) is 1. The molecular weight excluding hydrogens is 338 g/mol. The predicted molar refractivity (Wildman–Crippen MR) is 107 cm³/mol. The second kappa shape index (κ2) is 8.18. The van der Waals surface area contributed by atoms with Gasteiger partial charge in [0.2, 0.25) is 0 Å². The van der Waals surface area contributed by atoms with Crippen molar-refractivity contribution in [2.45, 2.75) is 32.9 Å². The largest absolute Gasteiger partial charge is 0.465 e. The zero-order valence-corrected chi connectivity index (χ0v) is 16.0. The van der Waals surface area contributed by atoms with E-state index in [4.69, 9.17) is 9.84 Å². The minimum Gasteiger partial charge on any atom is -0.465 e. The average molecular weight is 363 g/mol. The maximum Gasteiger partial charge on any atom is 0.325 e. The Hall–Kier alpha value is -2.92. The standard InChI is InChI=1S/C22H25N3O2/c1-4-27-21(26)22(2,3)23-15-18-16-25(19-13-9-6-10-14-19)24-20(18)17-11-7-5-8-12-17/h5-14,16,23H,4,15H2,1-3H3. The van der Waals surface area contributed by atoms with Crippen LogP contribution in [-0.2, 0) is 16.1 Å². The Kier molecular flexibility index (Phi) is 5.72. The minimum absolute atomic E-state index is 0.262. The Morgan fingerprint density at radius 1 is 1.07 bits per heavy atom. The molecule has 0 atom stereocenters. The third-order valence-electron chi connectivity index (χ3n) is 4.36. The van der Waals surface area contributed by atoms with E-state index < -0.39 is 5.54 Å². The van der Waals surface area contributed by atoms with Gasteiger partial charge in [0.05, 0.1) is 18.0 Å². The Labute approximate surface area is 160 Å². The van der Waals surface area contributed by atoms with Gasteiger partial charge in [0.25, 0.3) is 0 Å². The predicted octanol–water partition coefficient (Wildman–Crippen LogP) is 3.97. The summed E-state index contributed by atoms with van der Waals surface area (Å²) in [6.45, 7) is 6.34. The number of carbonyl (C=O) groups excluding carboxylic acids is 1. The van der Waals surface area contributed by atoms with E-state index in [1.807, 2.05) is 92.3 Å². The van der Waals surface area contributed by atoms with Gasteiger partial charge in [0, 0.05) is 23.9 Å². The van der Waals surface area contributed by atoms with Crippen molar-refractivity contribution < 1.29 is 9.53 Å². The molecule has 0 unspecified atom stereocenters. The second-order valence-corrected chi connectivity index (χ2v) is 6.85. The second-order valence-electron chi connectivity index (χ2n) is 6.85. The Balaban J connectivity index is 1.91. The molecule has 0 saturated heterocycles. The van der Waals surface area contributed by atoms with Gasteiger partial charge in [-0.1, -0.05) is 48.5 Å². The first kappa shape index (κ1) is 18.9. The van der Waals surface area contributed by atoms with Crippen LogP contribution in [0.2, 0.25) is 0 Å². The van der Waals surface area contributed by atoms with Crippen molar-refractivity contribution in [1.82, 2.24) is 15.1 Å². The zero-order chi connectivity index (χ0) is 19.3. The SMILES string of the molecule is CCOC(=O)C(C)(C)NCc1cn(-c2ccccc2)nc1-c1ccccc1. The van der Waals surface area contributed by atoms with Gasteiger partial charge in [0.15, 0.2) is 0 Å². The van der Waals surface area contributed by atoms with Crippen molar-refractivity contribution in [3.63, 3.8) is 0 Å². The molecule has 0 bridgehead atoms. The number of nitrogens with zero attached hydrogens (tertiary/aromatic N) is 2. The van der Waals surface area contributed by atoms with E-state index in [-0.39, 0.29) is 5.97 Å². The number of nitrogens with one attached hydrogen (secondary N) is 1. The van der Waals surface area contributed by atoms with Crippen LogP contribution >= 0.6 is 0 Å². The van der Waals surface area contributed by atoms with E-state index in [2.05, 4.69) is 5.32 Å². The first-order valence-corrected chi connectivity index (χ1v) is 9.13. The summed E-state index contributed by atoms with van der Waals surface area (Å²) in [5, 5.41) is 8.10. The highest BCUT2D eigenvalue weighted by Crippen LogP contribution is 2.24. The first-order valence-electron chi connectivity index (χ1n) is 9.13. The number of rotatable bonds is 7. The molecule has 3 rings (SSSR count). The summed E-state index contributed by atoms with van der Waals surface area (Å²) in [4.78, 5) is 12.2. The van der Waals surface area contributed by atoms with Gasteiger partial charge in [-0.15, -0.1) is 0 Å². The summed E-state index contributed by atoms with van der Waals surface area (Å²) in [6, 6.07) is 20.0. The van der Waals surface area contributed by atoms with Crippen molar-refractivity contribution in [3.05, 3.63) is 72.4 Å². The maximum atomic E-state index is 12.2. The molecule has 140 valence electrons. The van der Waals surface area contributed by atoms with Gasteiger partial charge in [-0.05, 0) is 32.9 Å². The quantitative estimate of drug-likeness (QED) is 0.645. The number of benzene rings is 2. The van der Waals surface area contributed by atoms with Crippen LogP contribution in [-0.4, -0.2) is 27.9 Å². The van der Waals surface area contributed by atoms with Crippen molar-refractivity contribution in [3.8, 4) is 16.9 Å². The lowest BCUT2D eigenvalue weighted by Crippen LogP contribution is -2.47. The summed E-state index contributed by atoms with van der Waals surface area (Å²) in [5.41, 5.74) is 3.16. The Bertz CT molecular complexity index is 886. The van der Waals surface area contributed by atoms with Crippen molar-refractivity contribution in [1.29, 1.82) is 0 Å². The van der Waals surface area contributed by atoms with Gasteiger partial charge in [0.1, 0.15) is 5.54 Å². The molecule has 3 aromatic rings. The smallest absolute Gasteiger partial charge is 0.325 e. The molecule has 5 heteroatoms. The van der Waals surface area contributed by atoms with Gasteiger partial charge in [-0.3, -0.25) is 10.1 Å². The molecule has 0 aliphatic carbocycles. The molecule has 0 spiro atoms. The van der Waals surface area contributed by atoms with Gasteiger partial charge >= 0.3 is 5.97 Å². The molecule has 0 amide bonds. The van der Waals surface area contributed by atoms with Crippen molar-refractivity contribution >= 4 is 5.97 Å². The Morgan fingerprint density at radius 3 is 2.33 bits per heavy atom. The van der Waals surface area contributed by atoms with Crippen LogP contribution in [0.15, 0.2) is 66.9 Å². The summed E-state index contributed by atoms with van der Waals surface area (Å²) in [5.74, 6) is -0.262. The highest BCUT2D eigenvalue weighted by Gasteiger charge is 2.29. The number of carbonyl (C=O) groups is 1.